The number of hydrogen-bond acceptors (Lipinski definition) is 4. The maximum atomic E-state index is 12.0. The van der Waals surface area contributed by atoms with Gasteiger partial charge in [0.25, 0.3) is 11.5 Å². The van der Waals surface area contributed by atoms with Crippen LogP contribution in [-0.2, 0) is 10.0 Å². The molecule has 0 fully saturated rings. The molecule has 116 valence electrons. The molecule has 0 saturated carbocycles. The van der Waals surface area contributed by atoms with E-state index in [2.05, 4.69) is 10.3 Å². The summed E-state index contributed by atoms with van der Waals surface area (Å²) in [5.74, 6) is -1.04. The average molecular weight is 321 g/mol. The molecule has 1 aromatic carbocycles. The largest absolute Gasteiger partial charge is 0.351 e. The molecule has 22 heavy (non-hydrogen) atoms. The number of carbonyl (C=O) groups is 1. The van der Waals surface area contributed by atoms with Gasteiger partial charge in [-0.3, -0.25) is 9.59 Å². The third kappa shape index (κ3) is 4.27. The van der Waals surface area contributed by atoms with Gasteiger partial charge in [-0.15, -0.1) is 0 Å². The number of benzene rings is 1. The minimum atomic E-state index is -3.66. The fourth-order valence-electron chi connectivity index (χ4n) is 1.84. The lowest BCUT2D eigenvalue weighted by atomic mass is 10.1. The van der Waals surface area contributed by atoms with Gasteiger partial charge in [-0.2, -0.15) is 0 Å². The summed E-state index contributed by atoms with van der Waals surface area (Å²) in [4.78, 5) is 26.4. The number of carbonyl (C=O) groups excluding carboxylic acids is 1. The van der Waals surface area contributed by atoms with Crippen molar-refractivity contribution < 1.29 is 13.2 Å². The van der Waals surface area contributed by atoms with Crippen molar-refractivity contribution in [1.29, 1.82) is 0 Å². The maximum absolute atomic E-state index is 12.0. The van der Waals surface area contributed by atoms with Gasteiger partial charge in [0.05, 0.1) is 5.75 Å². The van der Waals surface area contributed by atoms with Crippen molar-refractivity contribution in [2.24, 2.45) is 5.14 Å². The van der Waals surface area contributed by atoms with Crippen LogP contribution in [0.1, 0.15) is 10.4 Å². The SMILES string of the molecule is NS(=O)(=O)CCNC(=O)c1ccc(-c2ccccc2)[nH]c1=O. The van der Waals surface area contributed by atoms with Crippen LogP contribution in [0.5, 0.6) is 0 Å². The van der Waals surface area contributed by atoms with Gasteiger partial charge >= 0.3 is 0 Å². The van der Waals surface area contributed by atoms with Gasteiger partial charge in [0.15, 0.2) is 0 Å². The molecule has 1 amide bonds. The quantitative estimate of drug-likeness (QED) is 0.720. The van der Waals surface area contributed by atoms with Gasteiger partial charge in [0, 0.05) is 12.2 Å². The van der Waals surface area contributed by atoms with E-state index in [-0.39, 0.29) is 12.1 Å². The highest BCUT2D eigenvalue weighted by Gasteiger charge is 2.12. The molecule has 4 N–H and O–H groups in total. The summed E-state index contributed by atoms with van der Waals surface area (Å²) < 4.78 is 21.6. The molecule has 8 heteroatoms. The lowest BCUT2D eigenvalue weighted by Gasteiger charge is -2.05. The molecule has 1 aromatic heterocycles. The van der Waals surface area contributed by atoms with Crippen LogP contribution in [0.25, 0.3) is 11.3 Å². The highest BCUT2D eigenvalue weighted by atomic mass is 32.2. The number of aromatic amines is 1. The number of pyridine rings is 1. The summed E-state index contributed by atoms with van der Waals surface area (Å²) in [7, 11) is -3.66. The minimum absolute atomic E-state index is 0.0888. The Hall–Kier alpha value is -2.45. The number of sulfonamides is 1. The second-order valence-corrected chi connectivity index (χ2v) is 6.34. The molecule has 0 aliphatic rings. The molecule has 0 saturated heterocycles. The number of nitrogens with two attached hydrogens (primary N) is 1. The van der Waals surface area contributed by atoms with Gasteiger partial charge in [0.2, 0.25) is 10.0 Å². The van der Waals surface area contributed by atoms with Gasteiger partial charge < -0.3 is 10.3 Å². The zero-order valence-electron chi connectivity index (χ0n) is 11.6. The van der Waals surface area contributed by atoms with Gasteiger partial charge in [0.1, 0.15) is 5.56 Å². The first-order valence-corrected chi connectivity index (χ1v) is 8.16. The molecule has 0 radical (unpaired) electrons. The predicted molar refractivity (Wildman–Crippen MR) is 82.8 cm³/mol. The molecule has 2 rings (SSSR count). The smallest absolute Gasteiger partial charge is 0.261 e. The first-order chi connectivity index (χ1) is 10.4. The highest BCUT2D eigenvalue weighted by Crippen LogP contribution is 2.14. The van der Waals surface area contributed by atoms with E-state index in [9.17, 15) is 18.0 Å². The van der Waals surface area contributed by atoms with Crippen molar-refractivity contribution in [1.82, 2.24) is 10.3 Å². The van der Waals surface area contributed by atoms with E-state index in [0.29, 0.717) is 5.69 Å². The molecule has 0 unspecified atom stereocenters. The summed E-state index contributed by atoms with van der Waals surface area (Å²) in [5.41, 5.74) is 0.774. The molecule has 1 heterocycles. The van der Waals surface area contributed by atoms with E-state index in [1.807, 2.05) is 30.3 Å². The molecule has 0 spiro atoms. The Balaban J connectivity index is 2.13. The summed E-state index contributed by atoms with van der Waals surface area (Å²) in [6.07, 6.45) is 0. The van der Waals surface area contributed by atoms with Crippen molar-refractivity contribution in [2.45, 2.75) is 0 Å². The third-order valence-electron chi connectivity index (χ3n) is 2.91. The molecular weight excluding hydrogens is 306 g/mol. The Bertz CT molecular complexity index is 829. The van der Waals surface area contributed by atoms with Crippen LogP contribution in [-0.4, -0.2) is 31.6 Å². The predicted octanol–water partition coefficient (Wildman–Crippen LogP) is 0.0602. The van der Waals surface area contributed by atoms with E-state index in [0.717, 1.165) is 5.56 Å². The van der Waals surface area contributed by atoms with Crippen molar-refractivity contribution >= 4 is 15.9 Å². The zero-order chi connectivity index (χ0) is 16.2. The van der Waals surface area contributed by atoms with Gasteiger partial charge in [-0.25, -0.2) is 13.6 Å². The number of nitrogens with one attached hydrogen (secondary N) is 2. The summed E-state index contributed by atoms with van der Waals surface area (Å²) in [6.45, 7) is -0.155. The molecular formula is C14H15N3O4S. The molecule has 0 bridgehead atoms. The van der Waals surface area contributed by atoms with E-state index in [1.165, 1.54) is 6.07 Å². The van der Waals surface area contributed by atoms with Gasteiger partial charge in [-0.05, 0) is 17.7 Å². The molecule has 0 atom stereocenters. The maximum Gasteiger partial charge on any atom is 0.261 e. The summed E-state index contributed by atoms with van der Waals surface area (Å²) in [6, 6.07) is 12.2. The van der Waals surface area contributed by atoms with Crippen LogP contribution in [0.4, 0.5) is 0 Å². The summed E-state index contributed by atoms with van der Waals surface area (Å²) in [5, 5.41) is 7.17. The lowest BCUT2D eigenvalue weighted by Crippen LogP contribution is -2.34. The lowest BCUT2D eigenvalue weighted by molar-refractivity contribution is 0.0954. The van der Waals surface area contributed by atoms with E-state index in [1.54, 1.807) is 6.07 Å². The van der Waals surface area contributed by atoms with Crippen molar-refractivity contribution in [2.75, 3.05) is 12.3 Å². The normalized spacial score (nSPS) is 11.1. The molecule has 2 aromatic rings. The Morgan fingerprint density at radius 3 is 2.41 bits per heavy atom. The Labute approximate surface area is 127 Å². The molecule has 0 aliphatic heterocycles. The van der Waals surface area contributed by atoms with Crippen LogP contribution >= 0.6 is 0 Å². The van der Waals surface area contributed by atoms with Crippen LogP contribution < -0.4 is 16.0 Å². The fourth-order valence-corrected chi connectivity index (χ4v) is 2.23. The highest BCUT2D eigenvalue weighted by molar-refractivity contribution is 7.89. The number of rotatable bonds is 5. The van der Waals surface area contributed by atoms with E-state index < -0.39 is 27.2 Å². The van der Waals surface area contributed by atoms with Crippen LogP contribution in [0.15, 0.2) is 47.3 Å². The van der Waals surface area contributed by atoms with Crippen molar-refractivity contribution in [3.8, 4) is 11.3 Å². The van der Waals surface area contributed by atoms with Gasteiger partial charge in [-0.1, -0.05) is 30.3 Å². The average Bonchev–Trinajstić information content (AvgIpc) is 2.46. The summed E-state index contributed by atoms with van der Waals surface area (Å²) >= 11 is 0. The van der Waals surface area contributed by atoms with Crippen LogP contribution in [0.3, 0.4) is 0 Å². The van der Waals surface area contributed by atoms with Crippen molar-refractivity contribution in [3.63, 3.8) is 0 Å². The first-order valence-electron chi connectivity index (χ1n) is 6.44. The van der Waals surface area contributed by atoms with E-state index >= 15 is 0 Å². The monoisotopic (exact) mass is 321 g/mol. The number of amides is 1. The second kappa shape index (κ2) is 6.54. The minimum Gasteiger partial charge on any atom is -0.351 e. The Kier molecular flexibility index (Phi) is 4.74. The van der Waals surface area contributed by atoms with Crippen molar-refractivity contribution in [3.05, 3.63) is 58.4 Å². The Morgan fingerprint density at radius 2 is 1.82 bits per heavy atom. The fraction of sp³-hybridized carbons (Fsp3) is 0.143. The number of primary sulfonamides is 1. The second-order valence-electron chi connectivity index (χ2n) is 4.60. The standard InChI is InChI=1S/C14H15N3O4S/c15-22(20,21)9-8-16-13(18)11-6-7-12(17-14(11)19)10-4-2-1-3-5-10/h1-7H,8-9H2,(H,16,18)(H,17,19)(H2,15,20,21). The third-order valence-corrected chi connectivity index (χ3v) is 3.68. The number of hydrogen-bond donors (Lipinski definition) is 3. The molecule has 0 aliphatic carbocycles. The van der Waals surface area contributed by atoms with E-state index in [4.69, 9.17) is 5.14 Å². The van der Waals surface area contributed by atoms with Crippen LogP contribution in [0, 0.1) is 0 Å². The first kappa shape index (κ1) is 15.9. The number of aromatic nitrogens is 1. The zero-order valence-corrected chi connectivity index (χ0v) is 12.4. The molecule has 7 nitrogen and oxygen atoms in total. The topological polar surface area (TPSA) is 122 Å². The number of H-pyrrole nitrogens is 1. The Morgan fingerprint density at radius 1 is 1.14 bits per heavy atom. The van der Waals surface area contributed by atoms with Crippen LogP contribution in [0.2, 0.25) is 0 Å².